The number of allylic oxidation sites excluding steroid dienone is 4. The third kappa shape index (κ3) is 5.04. The molecular weight excluding hydrogens is 214 g/mol. The molecule has 0 aliphatic rings. The highest BCUT2D eigenvalue weighted by Crippen LogP contribution is 2.11. The van der Waals surface area contributed by atoms with Crippen LogP contribution in [0.5, 0.6) is 5.75 Å². The highest BCUT2D eigenvalue weighted by molar-refractivity contribution is 5.25. The predicted molar refractivity (Wildman–Crippen MR) is 69.1 cm³/mol. The fraction of sp³-hybridized carbons (Fsp3) is 0.143. The summed E-state index contributed by atoms with van der Waals surface area (Å²) in [5, 5.41) is 0. The molecule has 0 heterocycles. The molecule has 0 saturated carbocycles. The van der Waals surface area contributed by atoms with E-state index in [1.54, 1.807) is 12.2 Å². The zero-order valence-corrected chi connectivity index (χ0v) is 10.1. The summed E-state index contributed by atoms with van der Waals surface area (Å²) in [4.78, 5) is 9.97. The number of aryl methyl sites for hydroxylation is 1. The normalized spacial score (nSPS) is 11.5. The molecule has 90 valence electrons. The molecule has 0 aliphatic carbocycles. The molecule has 0 atom stereocenters. The summed E-state index contributed by atoms with van der Waals surface area (Å²) in [6, 6.07) is 7.57. The van der Waals surface area contributed by atoms with Crippen LogP contribution in [-0.4, -0.2) is 0 Å². The summed E-state index contributed by atoms with van der Waals surface area (Å²) in [5.74, 6) is 0.640. The molecule has 1 aromatic rings. The summed E-state index contributed by atoms with van der Waals surface area (Å²) in [7, 11) is 0. The smallest absolute Gasteiger partial charge is 0.168 e. The van der Waals surface area contributed by atoms with Crippen molar-refractivity contribution in [2.24, 2.45) is 0 Å². The van der Waals surface area contributed by atoms with Crippen LogP contribution >= 0.6 is 0 Å². The summed E-state index contributed by atoms with van der Waals surface area (Å²) in [6.45, 7) is 7.54. The van der Waals surface area contributed by atoms with E-state index in [4.69, 9.17) is 9.88 Å². The van der Waals surface area contributed by atoms with Gasteiger partial charge < -0.3 is 4.89 Å². The molecule has 0 aromatic heterocycles. The Bertz CT molecular complexity index is 405. The summed E-state index contributed by atoms with van der Waals surface area (Å²) in [5.41, 5.74) is 4.60. The molecule has 1 aromatic carbocycles. The van der Waals surface area contributed by atoms with Gasteiger partial charge in [-0.05, 0) is 38.1 Å². The van der Waals surface area contributed by atoms with Gasteiger partial charge >= 0.3 is 0 Å². The molecule has 0 radical (unpaired) electrons. The van der Waals surface area contributed by atoms with Crippen molar-refractivity contribution in [1.82, 2.24) is 5.48 Å². The lowest BCUT2D eigenvalue weighted by Crippen LogP contribution is -2.15. The Morgan fingerprint density at radius 3 is 2.59 bits per heavy atom. The van der Waals surface area contributed by atoms with Gasteiger partial charge in [0, 0.05) is 0 Å². The van der Waals surface area contributed by atoms with Crippen molar-refractivity contribution in [3.05, 3.63) is 66.4 Å². The van der Waals surface area contributed by atoms with Crippen LogP contribution in [0.1, 0.15) is 12.5 Å². The predicted octanol–water partition coefficient (Wildman–Crippen LogP) is 3.46. The van der Waals surface area contributed by atoms with Crippen LogP contribution < -0.4 is 10.4 Å². The van der Waals surface area contributed by atoms with Crippen LogP contribution in [0.4, 0.5) is 0 Å². The molecule has 1 rings (SSSR count). The Hall–Kier alpha value is -2.00. The Morgan fingerprint density at radius 2 is 2.00 bits per heavy atom. The van der Waals surface area contributed by atoms with E-state index < -0.39 is 0 Å². The van der Waals surface area contributed by atoms with Crippen molar-refractivity contribution >= 4 is 0 Å². The Balaban J connectivity index is 2.43. The minimum atomic E-state index is 0.640. The van der Waals surface area contributed by atoms with E-state index in [1.165, 1.54) is 5.56 Å². The average molecular weight is 231 g/mol. The van der Waals surface area contributed by atoms with Crippen LogP contribution in [0.15, 0.2) is 60.8 Å². The molecular formula is C14H17NO2. The van der Waals surface area contributed by atoms with E-state index in [0.717, 1.165) is 5.70 Å². The molecule has 3 heteroatoms. The second-order valence-electron chi connectivity index (χ2n) is 3.44. The summed E-state index contributed by atoms with van der Waals surface area (Å²) in [6.07, 6.45) is 7.17. The van der Waals surface area contributed by atoms with Crippen LogP contribution in [0.3, 0.4) is 0 Å². The molecule has 17 heavy (non-hydrogen) atoms. The lowest BCUT2D eigenvalue weighted by molar-refractivity contribution is -0.247. The highest BCUT2D eigenvalue weighted by Gasteiger charge is 1.95. The van der Waals surface area contributed by atoms with Crippen molar-refractivity contribution in [2.45, 2.75) is 13.8 Å². The Kier molecular flexibility index (Phi) is 5.61. The van der Waals surface area contributed by atoms with Gasteiger partial charge in [-0.25, -0.2) is 5.48 Å². The Labute approximate surface area is 102 Å². The number of benzene rings is 1. The minimum Gasteiger partial charge on any atom is -0.314 e. The third-order valence-electron chi connectivity index (χ3n) is 1.96. The van der Waals surface area contributed by atoms with Crippen LogP contribution in [-0.2, 0) is 4.99 Å². The van der Waals surface area contributed by atoms with E-state index in [2.05, 4.69) is 12.1 Å². The van der Waals surface area contributed by atoms with Gasteiger partial charge in [0.05, 0.1) is 5.70 Å². The molecule has 0 spiro atoms. The van der Waals surface area contributed by atoms with Gasteiger partial charge in [-0.2, -0.15) is 0 Å². The maximum Gasteiger partial charge on any atom is 0.168 e. The largest absolute Gasteiger partial charge is 0.314 e. The van der Waals surface area contributed by atoms with E-state index >= 15 is 0 Å². The maximum atomic E-state index is 5.06. The molecule has 0 unspecified atom stereocenters. The molecule has 1 N–H and O–H groups in total. The third-order valence-corrected chi connectivity index (χ3v) is 1.96. The Morgan fingerprint density at radius 1 is 1.29 bits per heavy atom. The van der Waals surface area contributed by atoms with Gasteiger partial charge in [-0.15, -0.1) is 0 Å². The first-order valence-electron chi connectivity index (χ1n) is 5.38. The first-order chi connectivity index (χ1) is 8.26. The van der Waals surface area contributed by atoms with Gasteiger partial charge in [-0.3, -0.25) is 0 Å². The van der Waals surface area contributed by atoms with E-state index in [-0.39, 0.29) is 0 Å². The van der Waals surface area contributed by atoms with Gasteiger partial charge in [-0.1, -0.05) is 41.4 Å². The molecule has 0 aliphatic heterocycles. The van der Waals surface area contributed by atoms with Crippen LogP contribution in [0.25, 0.3) is 0 Å². The van der Waals surface area contributed by atoms with Gasteiger partial charge in [0.2, 0.25) is 0 Å². The number of hydroxylamine groups is 1. The summed E-state index contributed by atoms with van der Waals surface area (Å²) < 4.78 is 0. The number of nitrogens with one attached hydrogen (secondary N) is 1. The van der Waals surface area contributed by atoms with Crippen LogP contribution in [0, 0.1) is 6.92 Å². The topological polar surface area (TPSA) is 30.5 Å². The van der Waals surface area contributed by atoms with E-state index in [0.29, 0.717) is 5.75 Å². The SMILES string of the molecule is C=C/C=C(\C=C/C)NOOc1ccc(C)cc1. The van der Waals surface area contributed by atoms with Crippen molar-refractivity contribution in [3.8, 4) is 5.75 Å². The van der Waals surface area contributed by atoms with E-state index in [1.807, 2.05) is 50.3 Å². The van der Waals surface area contributed by atoms with Gasteiger partial charge in [0.1, 0.15) is 0 Å². The second-order valence-corrected chi connectivity index (χ2v) is 3.44. The number of rotatable bonds is 6. The number of hydrogen-bond acceptors (Lipinski definition) is 3. The molecule has 0 amide bonds. The highest BCUT2D eigenvalue weighted by atomic mass is 17.3. The monoisotopic (exact) mass is 231 g/mol. The summed E-state index contributed by atoms with van der Waals surface area (Å²) >= 11 is 0. The fourth-order valence-electron chi connectivity index (χ4n) is 1.14. The molecule has 3 nitrogen and oxygen atoms in total. The van der Waals surface area contributed by atoms with Crippen molar-refractivity contribution < 1.29 is 9.88 Å². The molecule has 0 bridgehead atoms. The van der Waals surface area contributed by atoms with Crippen LogP contribution in [0.2, 0.25) is 0 Å². The number of hydrogen-bond donors (Lipinski definition) is 1. The van der Waals surface area contributed by atoms with Crippen molar-refractivity contribution in [1.29, 1.82) is 0 Å². The first-order valence-corrected chi connectivity index (χ1v) is 5.38. The fourth-order valence-corrected chi connectivity index (χ4v) is 1.14. The maximum absolute atomic E-state index is 5.06. The van der Waals surface area contributed by atoms with Crippen molar-refractivity contribution in [3.63, 3.8) is 0 Å². The lowest BCUT2D eigenvalue weighted by Gasteiger charge is -2.06. The van der Waals surface area contributed by atoms with E-state index in [9.17, 15) is 0 Å². The first kappa shape index (κ1) is 13.1. The lowest BCUT2D eigenvalue weighted by atomic mass is 10.2. The average Bonchev–Trinajstić information content (AvgIpc) is 2.32. The van der Waals surface area contributed by atoms with Gasteiger partial charge in [0.15, 0.2) is 5.75 Å². The minimum absolute atomic E-state index is 0.640. The zero-order valence-electron chi connectivity index (χ0n) is 10.1. The quantitative estimate of drug-likeness (QED) is 0.462. The zero-order chi connectivity index (χ0) is 12.5. The van der Waals surface area contributed by atoms with Crippen molar-refractivity contribution in [2.75, 3.05) is 0 Å². The molecule has 0 saturated heterocycles. The molecule has 0 fully saturated rings. The second kappa shape index (κ2) is 7.30. The van der Waals surface area contributed by atoms with Gasteiger partial charge in [0.25, 0.3) is 0 Å². The standard InChI is InChI=1S/C14H17NO2/c1-4-6-13(7-5-2)15-17-16-14-10-8-12(3)9-11-14/h4-11,15H,1H2,2-3H3/b7-5-,13-6+.